The first kappa shape index (κ1) is 11.9. The Hall–Kier alpha value is -2.20. The van der Waals surface area contributed by atoms with Gasteiger partial charge >= 0.3 is 0 Å². The quantitative estimate of drug-likeness (QED) is 0.525. The van der Waals surface area contributed by atoms with Gasteiger partial charge in [-0.25, -0.2) is 9.97 Å². The molecular weight excluding hydrogens is 256 g/mol. The molecular formula is C15H10N2OS. The van der Waals surface area contributed by atoms with E-state index in [-0.39, 0.29) is 5.12 Å². The predicted molar refractivity (Wildman–Crippen MR) is 76.2 cm³/mol. The monoisotopic (exact) mass is 266 g/mol. The number of para-hydroxylation sites is 1. The summed E-state index contributed by atoms with van der Waals surface area (Å²) in [5.74, 6) is 0. The van der Waals surface area contributed by atoms with Gasteiger partial charge in [-0.1, -0.05) is 48.5 Å². The van der Waals surface area contributed by atoms with Gasteiger partial charge < -0.3 is 0 Å². The summed E-state index contributed by atoms with van der Waals surface area (Å²) < 4.78 is 0. The predicted octanol–water partition coefficient (Wildman–Crippen LogP) is 3.56. The van der Waals surface area contributed by atoms with E-state index in [0.717, 1.165) is 22.7 Å². The van der Waals surface area contributed by atoms with Gasteiger partial charge in [0.2, 0.25) is 5.12 Å². The zero-order valence-electron chi connectivity index (χ0n) is 9.98. The molecule has 0 aliphatic heterocycles. The Kier molecular flexibility index (Phi) is 3.25. The molecule has 92 valence electrons. The summed E-state index contributed by atoms with van der Waals surface area (Å²) >= 11 is 1.14. The van der Waals surface area contributed by atoms with E-state index >= 15 is 0 Å². The van der Waals surface area contributed by atoms with Crippen LogP contribution in [0.15, 0.2) is 66.0 Å². The van der Waals surface area contributed by atoms with Gasteiger partial charge in [0.25, 0.3) is 0 Å². The highest BCUT2D eigenvalue weighted by atomic mass is 32.2. The highest BCUT2D eigenvalue weighted by Gasteiger charge is 2.11. The van der Waals surface area contributed by atoms with Gasteiger partial charge in [0, 0.05) is 10.9 Å². The smallest absolute Gasteiger partial charge is 0.225 e. The molecule has 0 radical (unpaired) electrons. The number of rotatable bonds is 2. The van der Waals surface area contributed by atoms with Gasteiger partial charge in [0.1, 0.15) is 11.4 Å². The molecule has 1 heterocycles. The van der Waals surface area contributed by atoms with Crippen LogP contribution < -0.4 is 0 Å². The molecule has 0 aliphatic rings. The first-order chi connectivity index (χ1) is 9.34. The lowest BCUT2D eigenvalue weighted by atomic mass is 10.2. The third-order valence-corrected chi connectivity index (χ3v) is 3.64. The average molecular weight is 266 g/mol. The van der Waals surface area contributed by atoms with Crippen molar-refractivity contribution in [1.82, 2.24) is 9.97 Å². The first-order valence-electron chi connectivity index (χ1n) is 5.81. The number of thioether (sulfide) groups is 1. The Morgan fingerprint density at radius 2 is 1.63 bits per heavy atom. The zero-order valence-corrected chi connectivity index (χ0v) is 10.8. The van der Waals surface area contributed by atoms with Crippen molar-refractivity contribution in [2.75, 3.05) is 0 Å². The van der Waals surface area contributed by atoms with Crippen LogP contribution in [-0.2, 0) is 0 Å². The summed E-state index contributed by atoms with van der Waals surface area (Å²) in [6.07, 6.45) is 1.49. The van der Waals surface area contributed by atoms with Crippen LogP contribution in [0.3, 0.4) is 0 Å². The number of hydrogen-bond donors (Lipinski definition) is 0. The van der Waals surface area contributed by atoms with Crippen molar-refractivity contribution >= 4 is 27.8 Å². The van der Waals surface area contributed by atoms with Crippen molar-refractivity contribution in [2.45, 2.75) is 5.03 Å². The Morgan fingerprint density at radius 3 is 2.47 bits per heavy atom. The minimum absolute atomic E-state index is 0.00977. The van der Waals surface area contributed by atoms with Gasteiger partial charge in [-0.3, -0.25) is 4.79 Å². The fraction of sp³-hybridized carbons (Fsp3) is 0. The molecule has 0 saturated carbocycles. The lowest BCUT2D eigenvalue weighted by Crippen LogP contribution is -1.95. The van der Waals surface area contributed by atoms with Gasteiger partial charge in [0.15, 0.2) is 0 Å². The minimum Gasteiger partial charge on any atom is -0.281 e. The third-order valence-electron chi connectivity index (χ3n) is 2.71. The van der Waals surface area contributed by atoms with E-state index in [0.29, 0.717) is 10.6 Å². The van der Waals surface area contributed by atoms with Crippen LogP contribution in [0.1, 0.15) is 10.4 Å². The normalized spacial score (nSPS) is 10.5. The summed E-state index contributed by atoms with van der Waals surface area (Å²) in [6.45, 7) is 0. The van der Waals surface area contributed by atoms with E-state index in [1.165, 1.54) is 6.33 Å². The summed E-state index contributed by atoms with van der Waals surface area (Å²) in [7, 11) is 0. The van der Waals surface area contributed by atoms with E-state index in [9.17, 15) is 4.79 Å². The Balaban J connectivity index is 1.96. The van der Waals surface area contributed by atoms with Crippen LogP contribution in [0.5, 0.6) is 0 Å². The van der Waals surface area contributed by atoms with Crippen LogP contribution in [-0.4, -0.2) is 15.1 Å². The molecule has 0 atom stereocenters. The standard InChI is InChI=1S/C15H10N2OS/c18-15(11-6-2-1-3-7-11)19-14-12-8-4-5-9-13(12)16-10-17-14/h1-10H. The highest BCUT2D eigenvalue weighted by molar-refractivity contribution is 8.14. The van der Waals surface area contributed by atoms with Crippen molar-refractivity contribution in [2.24, 2.45) is 0 Å². The van der Waals surface area contributed by atoms with E-state index < -0.39 is 0 Å². The Bertz CT molecular complexity index is 723. The molecule has 0 fully saturated rings. The molecule has 19 heavy (non-hydrogen) atoms. The summed E-state index contributed by atoms with van der Waals surface area (Å²) in [5.41, 5.74) is 1.52. The second-order valence-electron chi connectivity index (χ2n) is 3.95. The summed E-state index contributed by atoms with van der Waals surface area (Å²) in [4.78, 5) is 20.5. The van der Waals surface area contributed by atoms with Gasteiger partial charge in [-0.2, -0.15) is 0 Å². The SMILES string of the molecule is O=C(Sc1ncnc2ccccc12)c1ccccc1. The largest absolute Gasteiger partial charge is 0.281 e. The summed E-state index contributed by atoms with van der Waals surface area (Å²) in [5, 5.41) is 1.59. The average Bonchev–Trinajstić information content (AvgIpc) is 2.48. The van der Waals surface area contributed by atoms with E-state index in [4.69, 9.17) is 0 Å². The molecule has 3 rings (SSSR count). The molecule has 0 unspecified atom stereocenters. The lowest BCUT2D eigenvalue weighted by molar-refractivity contribution is 0.108. The van der Waals surface area contributed by atoms with E-state index in [1.54, 1.807) is 12.1 Å². The van der Waals surface area contributed by atoms with Crippen LogP contribution in [0.2, 0.25) is 0 Å². The number of aromatic nitrogens is 2. The molecule has 3 nitrogen and oxygen atoms in total. The maximum Gasteiger partial charge on any atom is 0.225 e. The van der Waals surface area contributed by atoms with Crippen LogP contribution in [0, 0.1) is 0 Å². The molecule has 1 aromatic heterocycles. The number of carbonyl (C=O) groups is 1. The van der Waals surface area contributed by atoms with Crippen molar-refractivity contribution in [3.63, 3.8) is 0 Å². The van der Waals surface area contributed by atoms with Crippen molar-refractivity contribution in [1.29, 1.82) is 0 Å². The number of hydrogen-bond acceptors (Lipinski definition) is 4. The topological polar surface area (TPSA) is 42.9 Å². The van der Waals surface area contributed by atoms with Crippen molar-refractivity contribution in [3.05, 3.63) is 66.5 Å². The Morgan fingerprint density at radius 1 is 0.895 bits per heavy atom. The fourth-order valence-electron chi connectivity index (χ4n) is 1.78. The van der Waals surface area contributed by atoms with E-state index in [1.807, 2.05) is 42.5 Å². The van der Waals surface area contributed by atoms with Crippen LogP contribution >= 0.6 is 11.8 Å². The molecule has 3 aromatic rings. The van der Waals surface area contributed by atoms with Gasteiger partial charge in [-0.05, 0) is 17.8 Å². The molecule has 0 amide bonds. The van der Waals surface area contributed by atoms with E-state index in [2.05, 4.69) is 9.97 Å². The molecule has 0 bridgehead atoms. The second-order valence-corrected chi connectivity index (χ2v) is 4.91. The molecule has 0 spiro atoms. The number of carbonyl (C=O) groups excluding carboxylic acids is 1. The molecule has 4 heteroatoms. The third kappa shape index (κ3) is 2.48. The van der Waals surface area contributed by atoms with Gasteiger partial charge in [-0.15, -0.1) is 0 Å². The molecule has 0 saturated heterocycles. The number of fused-ring (bicyclic) bond motifs is 1. The summed E-state index contributed by atoms with van der Waals surface area (Å²) in [6, 6.07) is 16.9. The van der Waals surface area contributed by atoms with Gasteiger partial charge in [0.05, 0.1) is 5.52 Å². The maximum absolute atomic E-state index is 12.2. The van der Waals surface area contributed by atoms with Crippen molar-refractivity contribution in [3.8, 4) is 0 Å². The lowest BCUT2D eigenvalue weighted by Gasteiger charge is -2.03. The van der Waals surface area contributed by atoms with Crippen LogP contribution in [0.25, 0.3) is 10.9 Å². The van der Waals surface area contributed by atoms with Crippen molar-refractivity contribution < 1.29 is 4.79 Å². The fourth-order valence-corrected chi connectivity index (χ4v) is 2.59. The molecule has 0 aliphatic carbocycles. The highest BCUT2D eigenvalue weighted by Crippen LogP contribution is 2.26. The number of benzene rings is 2. The minimum atomic E-state index is -0.00977. The first-order valence-corrected chi connectivity index (χ1v) is 6.63. The molecule has 2 aromatic carbocycles. The maximum atomic E-state index is 12.2. The molecule has 0 N–H and O–H groups in total. The van der Waals surface area contributed by atoms with Crippen LogP contribution in [0.4, 0.5) is 0 Å². The second kappa shape index (κ2) is 5.20. The Labute approximate surface area is 114 Å². The number of nitrogens with zero attached hydrogens (tertiary/aromatic N) is 2. The zero-order chi connectivity index (χ0) is 13.1.